The van der Waals surface area contributed by atoms with Crippen molar-refractivity contribution in [3.63, 3.8) is 0 Å². The molecule has 0 spiro atoms. The summed E-state index contributed by atoms with van der Waals surface area (Å²) in [5, 5.41) is 5.54. The van der Waals surface area contributed by atoms with E-state index in [9.17, 15) is 14.4 Å². The molecule has 12 nitrogen and oxygen atoms in total. The van der Waals surface area contributed by atoms with Crippen LogP contribution in [0.5, 0.6) is 11.5 Å². The van der Waals surface area contributed by atoms with Gasteiger partial charge in [-0.3, -0.25) is 4.79 Å². The monoisotopic (exact) mass is 658 g/mol. The minimum atomic E-state index is -0.680. The highest BCUT2D eigenvalue weighted by molar-refractivity contribution is 6.07. The Bertz CT molecular complexity index is 1740. The molecule has 0 radical (unpaired) electrons. The van der Waals surface area contributed by atoms with E-state index in [2.05, 4.69) is 15.6 Å². The van der Waals surface area contributed by atoms with Crippen molar-refractivity contribution in [1.29, 1.82) is 0 Å². The van der Waals surface area contributed by atoms with Crippen LogP contribution < -0.4 is 30.7 Å². The number of carbonyl (C=O) groups is 3. The van der Waals surface area contributed by atoms with Gasteiger partial charge >= 0.3 is 12.1 Å². The van der Waals surface area contributed by atoms with Gasteiger partial charge in [-0.05, 0) is 95.1 Å². The van der Waals surface area contributed by atoms with Gasteiger partial charge in [0.15, 0.2) is 0 Å². The highest BCUT2D eigenvalue weighted by Gasteiger charge is 2.23. The van der Waals surface area contributed by atoms with Crippen LogP contribution >= 0.6 is 0 Å². The quantitative estimate of drug-likeness (QED) is 0.136. The molecule has 0 atom stereocenters. The van der Waals surface area contributed by atoms with Crippen molar-refractivity contribution in [1.82, 2.24) is 14.9 Å². The topological polar surface area (TPSA) is 150 Å². The predicted molar refractivity (Wildman–Crippen MR) is 187 cm³/mol. The van der Waals surface area contributed by atoms with Crippen LogP contribution in [0.1, 0.15) is 68.2 Å². The number of anilines is 2. The number of carbonyl (C=O) groups excluding carboxylic acids is 3. The second-order valence-corrected chi connectivity index (χ2v) is 12.4. The zero-order chi connectivity index (χ0) is 34.8. The van der Waals surface area contributed by atoms with E-state index in [1.54, 1.807) is 64.2 Å². The van der Waals surface area contributed by atoms with Crippen molar-refractivity contribution in [2.45, 2.75) is 65.5 Å². The molecule has 0 bridgehead atoms. The molecule has 3 amide bonds. The molecule has 12 heteroatoms. The van der Waals surface area contributed by atoms with Crippen LogP contribution in [0.3, 0.4) is 0 Å². The van der Waals surface area contributed by atoms with Gasteiger partial charge in [0, 0.05) is 12.6 Å². The lowest BCUT2D eigenvalue weighted by molar-refractivity contribution is 0.0521. The van der Waals surface area contributed by atoms with Gasteiger partial charge in [-0.1, -0.05) is 31.0 Å². The lowest BCUT2D eigenvalue weighted by Gasteiger charge is -2.22. The third-order valence-corrected chi connectivity index (χ3v) is 7.45. The number of benzene rings is 3. The summed E-state index contributed by atoms with van der Waals surface area (Å²) in [6, 6.07) is 17.2. The third kappa shape index (κ3) is 9.25. The lowest BCUT2D eigenvalue weighted by Crippen LogP contribution is -2.33. The summed E-state index contributed by atoms with van der Waals surface area (Å²) < 4.78 is 18.4. The third-order valence-electron chi connectivity index (χ3n) is 7.45. The molecule has 0 saturated carbocycles. The number of methoxy groups -OCH3 is 1. The van der Waals surface area contributed by atoms with Crippen molar-refractivity contribution in [2.24, 2.45) is 5.73 Å². The summed E-state index contributed by atoms with van der Waals surface area (Å²) >= 11 is 0. The summed E-state index contributed by atoms with van der Waals surface area (Å²) in [6.07, 6.45) is 3.34. The molecule has 1 aromatic heterocycles. The number of nitrogens with zero attached hydrogens (tertiary/aromatic N) is 3. The average Bonchev–Trinajstić information content (AvgIpc) is 3.43. The first kappa shape index (κ1) is 35.7. The van der Waals surface area contributed by atoms with Crippen LogP contribution in [0.2, 0.25) is 0 Å². The zero-order valence-corrected chi connectivity index (χ0v) is 28.6. The molecule has 0 aliphatic rings. The van der Waals surface area contributed by atoms with Crippen molar-refractivity contribution >= 4 is 40.4 Å². The largest absolute Gasteiger partial charge is 0.495 e. The van der Waals surface area contributed by atoms with Crippen molar-refractivity contribution < 1.29 is 28.6 Å². The molecule has 1 heterocycles. The van der Waals surface area contributed by atoms with Crippen LogP contribution in [0.15, 0.2) is 60.7 Å². The van der Waals surface area contributed by atoms with E-state index < -0.39 is 17.7 Å². The number of alkyl carbamates (subject to hydrolysis) is 1. The number of hydrogen-bond acceptors (Lipinski definition) is 8. The van der Waals surface area contributed by atoms with E-state index in [4.69, 9.17) is 19.9 Å². The number of para-hydroxylation sites is 2. The number of nitrogens with two attached hydrogens (primary N) is 1. The van der Waals surface area contributed by atoms with Gasteiger partial charge in [-0.15, -0.1) is 0 Å². The first-order valence-corrected chi connectivity index (χ1v) is 16.1. The number of amides is 3. The second-order valence-electron chi connectivity index (χ2n) is 12.4. The summed E-state index contributed by atoms with van der Waals surface area (Å²) in [7, 11) is 3.16. The molecule has 0 aliphatic carbocycles. The van der Waals surface area contributed by atoms with Gasteiger partial charge in [0.05, 0.1) is 42.7 Å². The van der Waals surface area contributed by atoms with E-state index in [-0.39, 0.29) is 12.5 Å². The first-order valence-electron chi connectivity index (χ1n) is 16.1. The Morgan fingerprint density at radius 1 is 0.958 bits per heavy atom. The summed E-state index contributed by atoms with van der Waals surface area (Å²) in [4.78, 5) is 45.8. The maximum absolute atomic E-state index is 13.7. The number of rotatable bonds is 13. The standard InChI is InChI=1S/C36H46N6O6/c1-24-15-18-29(31(21-24)47-20-12-8-7-11-19-37)41(5)33(43)25-16-17-27(30(22-25)46-6)40-34(44)42-28-14-10-9-13-26(28)39-32(42)23-38-35(45)48-36(2,3)4/h9-10,13-18,21-22H,7-8,11-12,19-20,23,37H2,1-6H3,(H,38,45)(H,40,44). The Balaban J connectivity index is 1.52. The lowest BCUT2D eigenvalue weighted by atomic mass is 10.1. The minimum absolute atomic E-state index is 0.0487. The fraction of sp³-hybridized carbons (Fsp3) is 0.389. The van der Waals surface area contributed by atoms with Gasteiger partial charge in [-0.2, -0.15) is 0 Å². The Labute approximate surface area is 281 Å². The molecule has 0 aliphatic heterocycles. The number of hydrogen-bond donors (Lipinski definition) is 3. The number of imidazole rings is 1. The van der Waals surface area contributed by atoms with Crippen LogP contribution in [0.25, 0.3) is 11.0 Å². The normalized spacial score (nSPS) is 11.2. The van der Waals surface area contributed by atoms with E-state index in [0.29, 0.717) is 58.4 Å². The summed E-state index contributed by atoms with van der Waals surface area (Å²) in [6.45, 7) is 8.45. The molecule has 0 fully saturated rings. The smallest absolute Gasteiger partial charge is 0.408 e. The fourth-order valence-electron chi connectivity index (χ4n) is 5.08. The fourth-order valence-corrected chi connectivity index (χ4v) is 5.08. The van der Waals surface area contributed by atoms with Crippen LogP contribution in [0.4, 0.5) is 21.0 Å². The molecule has 4 aromatic rings. The molecule has 256 valence electrons. The number of unbranched alkanes of at least 4 members (excludes halogenated alkanes) is 3. The van der Waals surface area contributed by atoms with Gasteiger partial charge in [0.2, 0.25) is 0 Å². The number of aryl methyl sites for hydroxylation is 1. The maximum atomic E-state index is 13.7. The van der Waals surface area contributed by atoms with Gasteiger partial charge in [0.25, 0.3) is 5.91 Å². The van der Waals surface area contributed by atoms with E-state index in [0.717, 1.165) is 31.2 Å². The predicted octanol–water partition coefficient (Wildman–Crippen LogP) is 6.63. The average molecular weight is 659 g/mol. The number of fused-ring (bicyclic) bond motifs is 1. The molecule has 4 rings (SSSR count). The van der Waals surface area contributed by atoms with Crippen molar-refractivity contribution in [2.75, 3.05) is 37.5 Å². The summed E-state index contributed by atoms with van der Waals surface area (Å²) in [5.41, 5.74) is 8.41. The molecule has 0 unspecified atom stereocenters. The Kier molecular flexibility index (Phi) is 12.0. The number of aromatic nitrogens is 2. The van der Waals surface area contributed by atoms with Crippen molar-refractivity contribution in [3.8, 4) is 11.5 Å². The molecular formula is C36H46N6O6. The van der Waals surface area contributed by atoms with Crippen molar-refractivity contribution in [3.05, 3.63) is 77.6 Å². The second kappa shape index (κ2) is 16.1. The van der Waals surface area contributed by atoms with Gasteiger partial charge in [-0.25, -0.2) is 19.1 Å². The molecule has 48 heavy (non-hydrogen) atoms. The van der Waals surface area contributed by atoms with Crippen LogP contribution in [-0.4, -0.2) is 60.5 Å². The van der Waals surface area contributed by atoms with Crippen LogP contribution in [0, 0.1) is 6.92 Å². The minimum Gasteiger partial charge on any atom is -0.495 e. The zero-order valence-electron chi connectivity index (χ0n) is 28.6. The Morgan fingerprint density at radius 3 is 2.44 bits per heavy atom. The number of ether oxygens (including phenoxy) is 3. The Morgan fingerprint density at radius 2 is 1.71 bits per heavy atom. The number of nitrogens with one attached hydrogen (secondary N) is 2. The summed E-state index contributed by atoms with van der Waals surface area (Å²) in [5.74, 6) is 0.945. The van der Waals surface area contributed by atoms with Gasteiger partial charge in [0.1, 0.15) is 22.9 Å². The first-order chi connectivity index (χ1) is 22.9. The molecule has 0 saturated heterocycles. The van der Waals surface area contributed by atoms with Gasteiger partial charge < -0.3 is 35.5 Å². The van der Waals surface area contributed by atoms with E-state index in [1.165, 1.54) is 16.6 Å². The Hall–Kier alpha value is -5.10. The molecular weight excluding hydrogens is 612 g/mol. The highest BCUT2D eigenvalue weighted by atomic mass is 16.6. The van der Waals surface area contributed by atoms with Crippen LogP contribution in [-0.2, 0) is 11.3 Å². The molecule has 3 aromatic carbocycles. The highest BCUT2D eigenvalue weighted by Crippen LogP contribution is 2.32. The maximum Gasteiger partial charge on any atom is 0.408 e. The van der Waals surface area contributed by atoms with E-state index in [1.807, 2.05) is 31.2 Å². The van der Waals surface area contributed by atoms with E-state index >= 15 is 0 Å². The molecule has 4 N–H and O–H groups in total. The SMILES string of the molecule is COc1cc(C(=O)N(C)c2ccc(C)cc2OCCCCCCN)ccc1NC(=O)n1c(CNC(=O)OC(C)(C)C)nc2ccccc21.